The third-order valence-electron chi connectivity index (χ3n) is 3.46. The number of benzene rings is 1. The maximum Gasteiger partial charge on any atom is 0.573 e. The van der Waals surface area contributed by atoms with Crippen LogP contribution in [0.15, 0.2) is 47.5 Å². The molecule has 0 saturated carbocycles. The molecule has 2 heterocycles. The van der Waals surface area contributed by atoms with E-state index in [4.69, 9.17) is 0 Å². The highest BCUT2D eigenvalue weighted by atomic mass is 19.4. The van der Waals surface area contributed by atoms with E-state index in [0.717, 1.165) is 22.9 Å². The molecule has 0 amide bonds. The van der Waals surface area contributed by atoms with Crippen molar-refractivity contribution < 1.29 is 27.8 Å². The van der Waals surface area contributed by atoms with Crippen molar-refractivity contribution in [2.24, 2.45) is 7.05 Å². The van der Waals surface area contributed by atoms with Gasteiger partial charge in [0.25, 0.3) is 5.56 Å². The van der Waals surface area contributed by atoms with E-state index in [1.807, 2.05) is 0 Å². The molecule has 0 aliphatic heterocycles. The summed E-state index contributed by atoms with van der Waals surface area (Å²) in [6.45, 7) is 0. The average Bonchev–Trinajstić information content (AvgIpc) is 3.00. The number of rotatable bonds is 4. The molecule has 3 aromatic rings. The Morgan fingerprint density at radius 3 is 2.41 bits per heavy atom. The Labute approximate surface area is 149 Å². The van der Waals surface area contributed by atoms with Crippen molar-refractivity contribution in [3.05, 3.63) is 58.6 Å². The second kappa shape index (κ2) is 6.59. The fraction of sp³-hybridized carbons (Fsp3) is 0.125. The van der Waals surface area contributed by atoms with Crippen molar-refractivity contribution in [1.29, 1.82) is 0 Å². The molecule has 3 rings (SSSR count). The summed E-state index contributed by atoms with van der Waals surface area (Å²) in [6, 6.07) is 5.71. The number of hydrogen-bond donors (Lipinski definition) is 1. The van der Waals surface area contributed by atoms with Crippen LogP contribution in [0.1, 0.15) is 10.4 Å². The fourth-order valence-electron chi connectivity index (χ4n) is 2.31. The number of aromatic carboxylic acids is 1. The number of hydrogen-bond acceptors (Lipinski definition) is 5. The number of halogens is 3. The van der Waals surface area contributed by atoms with Gasteiger partial charge in [-0.15, -0.1) is 13.2 Å². The lowest BCUT2D eigenvalue weighted by molar-refractivity contribution is -0.274. The predicted molar refractivity (Wildman–Crippen MR) is 85.7 cm³/mol. The number of alkyl halides is 3. The number of carbonyl (C=O) groups is 1. The largest absolute Gasteiger partial charge is 0.573 e. The molecule has 0 bridgehead atoms. The van der Waals surface area contributed by atoms with E-state index in [1.165, 1.54) is 29.2 Å². The minimum atomic E-state index is -4.83. The van der Waals surface area contributed by atoms with E-state index in [9.17, 15) is 27.9 Å². The summed E-state index contributed by atoms with van der Waals surface area (Å²) in [5, 5.41) is 17.3. The van der Waals surface area contributed by atoms with E-state index >= 15 is 0 Å². The molecule has 27 heavy (non-hydrogen) atoms. The molecule has 0 fully saturated rings. The molecule has 0 atom stereocenters. The van der Waals surface area contributed by atoms with E-state index in [1.54, 1.807) is 7.05 Å². The Bertz CT molecular complexity index is 1050. The summed E-state index contributed by atoms with van der Waals surface area (Å²) in [6.07, 6.45) is -2.04. The van der Waals surface area contributed by atoms with Crippen molar-refractivity contribution in [3.8, 4) is 22.7 Å². The van der Waals surface area contributed by atoms with E-state index < -0.39 is 29.2 Å². The quantitative estimate of drug-likeness (QED) is 0.745. The first kappa shape index (κ1) is 18.2. The lowest BCUT2D eigenvalue weighted by atomic mass is 10.1. The lowest BCUT2D eigenvalue weighted by Crippen LogP contribution is -2.27. The van der Waals surface area contributed by atoms with Crippen molar-refractivity contribution in [2.75, 3.05) is 0 Å². The van der Waals surface area contributed by atoms with Crippen LogP contribution >= 0.6 is 0 Å². The number of aromatic nitrogens is 4. The molecule has 0 unspecified atom stereocenters. The number of nitrogens with zero attached hydrogens (tertiary/aromatic N) is 4. The SMILES string of the molecule is Cn1cc(-n2nc(-c3ccc(OC(F)(F)F)cc3)cc(C(=O)O)c2=O)cn1. The maximum atomic E-state index is 12.4. The van der Waals surface area contributed by atoms with Gasteiger partial charge in [-0.05, 0) is 30.3 Å². The third kappa shape index (κ3) is 3.97. The number of carboxylic acids is 1. The predicted octanol–water partition coefficient (Wildman–Crippen LogP) is 2.23. The zero-order chi connectivity index (χ0) is 19.8. The van der Waals surface area contributed by atoms with Gasteiger partial charge in [0.2, 0.25) is 0 Å². The summed E-state index contributed by atoms with van der Waals surface area (Å²) < 4.78 is 42.8. The maximum absolute atomic E-state index is 12.4. The number of ether oxygens (including phenoxy) is 1. The van der Waals surface area contributed by atoms with Crippen LogP contribution in [0, 0.1) is 0 Å². The topological polar surface area (TPSA) is 99.2 Å². The first-order valence-corrected chi connectivity index (χ1v) is 7.37. The minimum absolute atomic E-state index is 0.0782. The summed E-state index contributed by atoms with van der Waals surface area (Å²) in [4.78, 5) is 23.7. The van der Waals surface area contributed by atoms with Gasteiger partial charge in [0, 0.05) is 12.6 Å². The Balaban J connectivity index is 2.09. The monoisotopic (exact) mass is 380 g/mol. The summed E-state index contributed by atoms with van der Waals surface area (Å²) in [5.41, 5.74) is -0.793. The molecule has 0 radical (unpaired) electrons. The van der Waals surface area contributed by atoms with E-state index in [2.05, 4.69) is 14.9 Å². The van der Waals surface area contributed by atoms with Crippen LogP contribution in [0.3, 0.4) is 0 Å². The van der Waals surface area contributed by atoms with Crippen molar-refractivity contribution in [1.82, 2.24) is 19.6 Å². The molecule has 1 aromatic carbocycles. The van der Waals surface area contributed by atoms with Crippen molar-refractivity contribution in [3.63, 3.8) is 0 Å². The van der Waals surface area contributed by atoms with Gasteiger partial charge in [-0.25, -0.2) is 4.79 Å². The minimum Gasteiger partial charge on any atom is -0.477 e. The van der Waals surface area contributed by atoms with Crippen LogP contribution in [-0.4, -0.2) is 37.0 Å². The standard InChI is InChI=1S/C16H11F3N4O4/c1-22-8-10(7-20-22)23-14(24)12(15(25)26)6-13(21-23)9-2-4-11(5-3-9)27-16(17,18)19/h2-8H,1H3,(H,25,26). The van der Waals surface area contributed by atoms with Crippen molar-refractivity contribution >= 4 is 5.97 Å². The van der Waals surface area contributed by atoms with Gasteiger partial charge in [0.15, 0.2) is 0 Å². The first-order chi connectivity index (χ1) is 12.6. The van der Waals surface area contributed by atoms with Gasteiger partial charge in [0.1, 0.15) is 17.0 Å². The molecule has 0 aliphatic rings. The Kier molecular flexibility index (Phi) is 4.44. The molecular weight excluding hydrogens is 369 g/mol. The van der Waals surface area contributed by atoms with Crippen LogP contribution in [-0.2, 0) is 7.05 Å². The van der Waals surface area contributed by atoms with Gasteiger partial charge in [-0.2, -0.15) is 14.9 Å². The van der Waals surface area contributed by atoms with Crippen LogP contribution in [0.2, 0.25) is 0 Å². The number of carboxylic acid groups (broad SMARTS) is 1. The summed E-state index contributed by atoms with van der Waals surface area (Å²) in [5.74, 6) is -1.90. The first-order valence-electron chi connectivity index (χ1n) is 7.37. The molecule has 0 saturated heterocycles. The third-order valence-corrected chi connectivity index (χ3v) is 3.46. The number of aryl methyl sites for hydroxylation is 1. The van der Waals surface area contributed by atoms with Crippen LogP contribution in [0.25, 0.3) is 16.9 Å². The molecule has 0 spiro atoms. The fourth-order valence-corrected chi connectivity index (χ4v) is 2.31. The Morgan fingerprint density at radius 2 is 1.89 bits per heavy atom. The molecule has 11 heteroatoms. The second-order valence-electron chi connectivity index (χ2n) is 5.41. The molecule has 1 N–H and O–H groups in total. The van der Waals surface area contributed by atoms with Gasteiger partial charge in [0.05, 0.1) is 18.1 Å². The molecular formula is C16H11F3N4O4. The second-order valence-corrected chi connectivity index (χ2v) is 5.41. The van der Waals surface area contributed by atoms with E-state index in [-0.39, 0.29) is 11.4 Å². The highest BCUT2D eigenvalue weighted by Gasteiger charge is 2.31. The summed E-state index contributed by atoms with van der Waals surface area (Å²) in [7, 11) is 1.61. The molecule has 8 nitrogen and oxygen atoms in total. The molecule has 140 valence electrons. The Morgan fingerprint density at radius 1 is 1.22 bits per heavy atom. The van der Waals surface area contributed by atoms with Crippen LogP contribution in [0.5, 0.6) is 5.75 Å². The highest BCUT2D eigenvalue weighted by molar-refractivity contribution is 5.88. The van der Waals surface area contributed by atoms with Gasteiger partial charge >= 0.3 is 12.3 Å². The Hall–Kier alpha value is -3.63. The van der Waals surface area contributed by atoms with Gasteiger partial charge in [-0.1, -0.05) is 0 Å². The van der Waals surface area contributed by atoms with Gasteiger partial charge < -0.3 is 9.84 Å². The molecule has 0 aliphatic carbocycles. The van der Waals surface area contributed by atoms with Crippen LogP contribution in [0.4, 0.5) is 13.2 Å². The van der Waals surface area contributed by atoms with Crippen LogP contribution < -0.4 is 10.3 Å². The lowest BCUT2D eigenvalue weighted by Gasteiger charge is -2.10. The average molecular weight is 380 g/mol. The zero-order valence-corrected chi connectivity index (χ0v) is 13.6. The van der Waals surface area contributed by atoms with Crippen molar-refractivity contribution in [2.45, 2.75) is 6.36 Å². The normalized spacial score (nSPS) is 11.4. The smallest absolute Gasteiger partial charge is 0.477 e. The zero-order valence-electron chi connectivity index (χ0n) is 13.6. The van der Waals surface area contributed by atoms with Gasteiger partial charge in [-0.3, -0.25) is 9.48 Å². The summed E-state index contributed by atoms with van der Waals surface area (Å²) >= 11 is 0. The van der Waals surface area contributed by atoms with E-state index in [0.29, 0.717) is 5.56 Å². The highest BCUT2D eigenvalue weighted by Crippen LogP contribution is 2.26. The molecule has 2 aromatic heterocycles.